The number of anilines is 1. The average molecular weight is 399 g/mol. The molecule has 2 aromatic rings. The summed E-state index contributed by atoms with van der Waals surface area (Å²) >= 11 is 0. The van der Waals surface area contributed by atoms with Crippen LogP contribution in [-0.4, -0.2) is 73.3 Å². The Labute approximate surface area is 172 Å². The zero-order valence-electron chi connectivity index (χ0n) is 17.4. The lowest BCUT2D eigenvalue weighted by Crippen LogP contribution is -2.53. The Kier molecular flexibility index (Phi) is 7.49. The van der Waals surface area contributed by atoms with E-state index >= 15 is 0 Å². The van der Waals surface area contributed by atoms with E-state index < -0.39 is 0 Å². The van der Waals surface area contributed by atoms with Gasteiger partial charge < -0.3 is 24.6 Å². The van der Waals surface area contributed by atoms with Crippen molar-refractivity contribution in [3.8, 4) is 11.5 Å². The maximum atomic E-state index is 5.99. The van der Waals surface area contributed by atoms with Gasteiger partial charge in [0.25, 0.3) is 0 Å². The number of piperazine rings is 1. The van der Waals surface area contributed by atoms with Crippen molar-refractivity contribution in [2.24, 2.45) is 4.99 Å². The Bertz CT molecular complexity index is 778. The van der Waals surface area contributed by atoms with Crippen LogP contribution in [0.1, 0.15) is 13.8 Å². The molecule has 0 aliphatic carbocycles. The van der Waals surface area contributed by atoms with Crippen LogP contribution >= 0.6 is 0 Å². The molecule has 1 aromatic carbocycles. The fourth-order valence-corrected chi connectivity index (χ4v) is 3.16. The molecular formula is C21H30N6O2. The van der Waals surface area contributed by atoms with Gasteiger partial charge in [-0.2, -0.15) is 0 Å². The summed E-state index contributed by atoms with van der Waals surface area (Å²) in [7, 11) is 1.65. The number of aromatic nitrogens is 2. The molecule has 1 unspecified atom stereocenters. The predicted octanol–water partition coefficient (Wildman–Crippen LogP) is 2.04. The molecule has 2 heterocycles. The number of hydrogen-bond acceptors (Lipinski definition) is 6. The van der Waals surface area contributed by atoms with E-state index in [1.165, 1.54) is 0 Å². The Morgan fingerprint density at radius 2 is 1.86 bits per heavy atom. The van der Waals surface area contributed by atoms with Crippen LogP contribution in [-0.2, 0) is 0 Å². The molecule has 1 N–H and O–H groups in total. The second kappa shape index (κ2) is 10.5. The molecule has 0 radical (unpaired) electrons. The molecule has 1 aromatic heterocycles. The van der Waals surface area contributed by atoms with Gasteiger partial charge in [-0.25, -0.2) is 15.0 Å². The number of ether oxygens (including phenoxy) is 2. The smallest absolute Gasteiger partial charge is 0.225 e. The van der Waals surface area contributed by atoms with E-state index in [4.69, 9.17) is 14.5 Å². The predicted molar refractivity (Wildman–Crippen MR) is 115 cm³/mol. The first-order valence-corrected chi connectivity index (χ1v) is 10.1. The first kappa shape index (κ1) is 20.7. The second-order valence-electron chi connectivity index (χ2n) is 6.82. The summed E-state index contributed by atoms with van der Waals surface area (Å²) in [4.78, 5) is 18.0. The maximum absolute atomic E-state index is 5.99. The molecule has 0 amide bonds. The molecule has 156 valence electrons. The molecular weight excluding hydrogens is 368 g/mol. The van der Waals surface area contributed by atoms with Gasteiger partial charge in [0.05, 0.1) is 13.7 Å². The molecule has 1 aliphatic rings. The average Bonchev–Trinajstić information content (AvgIpc) is 2.77. The summed E-state index contributed by atoms with van der Waals surface area (Å²) in [6, 6.07) is 9.47. The van der Waals surface area contributed by atoms with Crippen molar-refractivity contribution < 1.29 is 9.47 Å². The number of rotatable bonds is 7. The van der Waals surface area contributed by atoms with Gasteiger partial charge in [-0.3, -0.25) is 0 Å². The van der Waals surface area contributed by atoms with Crippen LogP contribution in [0.25, 0.3) is 0 Å². The van der Waals surface area contributed by atoms with Gasteiger partial charge in [0.1, 0.15) is 17.6 Å². The number of guanidine groups is 1. The SMILES string of the molecule is CCNC(=NCC(C)Oc1cccc(OC)c1)N1CCN(c2ncccn2)CC1. The molecule has 29 heavy (non-hydrogen) atoms. The van der Waals surface area contributed by atoms with Crippen molar-refractivity contribution in [3.63, 3.8) is 0 Å². The zero-order valence-corrected chi connectivity index (χ0v) is 17.4. The Hall–Kier alpha value is -3.03. The molecule has 0 bridgehead atoms. The van der Waals surface area contributed by atoms with Crippen molar-refractivity contribution >= 4 is 11.9 Å². The van der Waals surface area contributed by atoms with Crippen LogP contribution in [0.15, 0.2) is 47.7 Å². The van der Waals surface area contributed by atoms with Crippen LogP contribution in [0.5, 0.6) is 11.5 Å². The number of aliphatic imine (C=N–C) groups is 1. The summed E-state index contributed by atoms with van der Waals surface area (Å²) in [5, 5.41) is 3.40. The first-order valence-electron chi connectivity index (χ1n) is 10.1. The molecule has 1 fully saturated rings. The lowest BCUT2D eigenvalue weighted by atomic mass is 10.3. The van der Waals surface area contributed by atoms with E-state index in [1.54, 1.807) is 19.5 Å². The topological polar surface area (TPSA) is 75.1 Å². The molecule has 0 saturated carbocycles. The Balaban J connectivity index is 1.55. The van der Waals surface area contributed by atoms with Gasteiger partial charge in [-0.1, -0.05) is 6.07 Å². The third kappa shape index (κ3) is 5.97. The number of nitrogens with one attached hydrogen (secondary N) is 1. The Morgan fingerprint density at radius 3 is 2.55 bits per heavy atom. The second-order valence-corrected chi connectivity index (χ2v) is 6.82. The third-order valence-corrected chi connectivity index (χ3v) is 4.63. The standard InChI is InChI=1S/C21H30N6O2/c1-4-22-20(25-16-17(2)29-19-8-5-7-18(15-19)28-3)26-11-13-27(14-12-26)21-23-9-6-10-24-21/h5-10,15,17H,4,11-14,16H2,1-3H3,(H,22,25). The normalized spacial score (nSPS) is 15.8. The van der Waals surface area contributed by atoms with E-state index in [1.807, 2.05) is 37.3 Å². The summed E-state index contributed by atoms with van der Waals surface area (Å²) in [6.45, 7) is 8.98. The minimum Gasteiger partial charge on any atom is -0.497 e. The van der Waals surface area contributed by atoms with Gasteiger partial charge in [-0.05, 0) is 32.0 Å². The highest BCUT2D eigenvalue weighted by Gasteiger charge is 2.21. The van der Waals surface area contributed by atoms with E-state index in [-0.39, 0.29) is 6.10 Å². The molecule has 1 atom stereocenters. The van der Waals surface area contributed by atoms with Gasteiger partial charge in [0.15, 0.2) is 5.96 Å². The lowest BCUT2D eigenvalue weighted by Gasteiger charge is -2.36. The monoisotopic (exact) mass is 398 g/mol. The van der Waals surface area contributed by atoms with Gasteiger partial charge >= 0.3 is 0 Å². The van der Waals surface area contributed by atoms with Crippen LogP contribution in [0.2, 0.25) is 0 Å². The number of nitrogens with zero attached hydrogens (tertiary/aromatic N) is 5. The first-order chi connectivity index (χ1) is 14.2. The number of hydrogen-bond donors (Lipinski definition) is 1. The van der Waals surface area contributed by atoms with Crippen LogP contribution < -0.4 is 19.7 Å². The van der Waals surface area contributed by atoms with Gasteiger partial charge in [0.2, 0.25) is 5.95 Å². The van der Waals surface area contributed by atoms with Crippen molar-refractivity contribution in [1.29, 1.82) is 0 Å². The number of benzene rings is 1. The van der Waals surface area contributed by atoms with E-state index in [0.717, 1.165) is 56.1 Å². The highest BCUT2D eigenvalue weighted by Crippen LogP contribution is 2.20. The van der Waals surface area contributed by atoms with Crippen molar-refractivity contribution in [3.05, 3.63) is 42.7 Å². The van der Waals surface area contributed by atoms with E-state index in [0.29, 0.717) is 6.54 Å². The molecule has 0 spiro atoms. The molecule has 8 nitrogen and oxygen atoms in total. The minimum absolute atomic E-state index is 0.0465. The summed E-state index contributed by atoms with van der Waals surface area (Å²) in [5.41, 5.74) is 0. The fraction of sp³-hybridized carbons (Fsp3) is 0.476. The number of methoxy groups -OCH3 is 1. The highest BCUT2D eigenvalue weighted by molar-refractivity contribution is 5.80. The summed E-state index contributed by atoms with van der Waals surface area (Å²) in [5.74, 6) is 3.27. The lowest BCUT2D eigenvalue weighted by molar-refractivity contribution is 0.228. The van der Waals surface area contributed by atoms with Gasteiger partial charge in [0, 0.05) is 51.2 Å². The van der Waals surface area contributed by atoms with Crippen molar-refractivity contribution in [1.82, 2.24) is 20.2 Å². The largest absolute Gasteiger partial charge is 0.497 e. The summed E-state index contributed by atoms with van der Waals surface area (Å²) in [6.07, 6.45) is 3.52. The van der Waals surface area contributed by atoms with Crippen LogP contribution in [0.3, 0.4) is 0 Å². The van der Waals surface area contributed by atoms with Crippen LogP contribution in [0, 0.1) is 0 Å². The van der Waals surface area contributed by atoms with E-state index in [9.17, 15) is 0 Å². The third-order valence-electron chi connectivity index (χ3n) is 4.63. The van der Waals surface area contributed by atoms with Gasteiger partial charge in [-0.15, -0.1) is 0 Å². The molecule has 8 heteroatoms. The summed E-state index contributed by atoms with van der Waals surface area (Å²) < 4.78 is 11.2. The fourth-order valence-electron chi connectivity index (χ4n) is 3.16. The van der Waals surface area contributed by atoms with E-state index in [2.05, 4.69) is 32.0 Å². The zero-order chi connectivity index (χ0) is 20.5. The van der Waals surface area contributed by atoms with Crippen molar-refractivity contribution in [2.75, 3.05) is 51.3 Å². The van der Waals surface area contributed by atoms with Crippen molar-refractivity contribution in [2.45, 2.75) is 20.0 Å². The molecule has 3 rings (SSSR count). The maximum Gasteiger partial charge on any atom is 0.225 e. The minimum atomic E-state index is -0.0465. The van der Waals surface area contributed by atoms with Crippen LogP contribution in [0.4, 0.5) is 5.95 Å². The molecule has 1 saturated heterocycles. The quantitative estimate of drug-likeness (QED) is 0.565. The molecule has 1 aliphatic heterocycles. The Morgan fingerprint density at radius 1 is 1.14 bits per heavy atom. The highest BCUT2D eigenvalue weighted by atomic mass is 16.5.